The number of nitrogens with two attached hydrogens (primary N) is 1. The van der Waals surface area contributed by atoms with Crippen LogP contribution in [-0.4, -0.2) is 71.9 Å². The fourth-order valence-corrected chi connectivity index (χ4v) is 7.99. The highest BCUT2D eigenvalue weighted by Crippen LogP contribution is 2.45. The summed E-state index contributed by atoms with van der Waals surface area (Å²) in [5, 5.41) is 14.3. The van der Waals surface area contributed by atoms with Gasteiger partial charge in [-0.15, -0.1) is 23.5 Å². The molecule has 2 aliphatic rings. The number of carbonyl (C=O) groups is 3. The van der Waals surface area contributed by atoms with Crippen LogP contribution in [0.2, 0.25) is 0 Å². The van der Waals surface area contributed by atoms with Gasteiger partial charge in [0.2, 0.25) is 5.91 Å². The maximum absolute atomic E-state index is 14.3. The molecular formula is C29H27N5O5S2. The molecule has 2 aromatic carbocycles. The maximum Gasteiger partial charge on any atom is 0.341 e. The second kappa shape index (κ2) is 10.8. The third kappa shape index (κ3) is 4.96. The van der Waals surface area contributed by atoms with Crippen molar-refractivity contribution < 1.29 is 24.2 Å². The molecule has 12 heteroatoms. The van der Waals surface area contributed by atoms with Crippen LogP contribution in [0.25, 0.3) is 5.65 Å². The Bertz CT molecular complexity index is 1590. The van der Waals surface area contributed by atoms with Crippen LogP contribution >= 0.6 is 23.5 Å². The van der Waals surface area contributed by atoms with Gasteiger partial charge in [0.15, 0.2) is 11.8 Å². The number of carboxylic acid groups (broad SMARTS) is 1. The summed E-state index contributed by atoms with van der Waals surface area (Å²) in [6.07, 6.45) is 0.631. The maximum atomic E-state index is 14.3. The van der Waals surface area contributed by atoms with E-state index in [1.165, 1.54) is 34.2 Å². The van der Waals surface area contributed by atoms with Crippen LogP contribution in [0.15, 0.2) is 78.0 Å². The van der Waals surface area contributed by atoms with Crippen molar-refractivity contribution in [1.29, 1.82) is 0 Å². The number of amides is 1. The van der Waals surface area contributed by atoms with E-state index < -0.39 is 29.5 Å². The first kappa shape index (κ1) is 27.3. The van der Waals surface area contributed by atoms with E-state index in [1.54, 1.807) is 17.9 Å². The van der Waals surface area contributed by atoms with Crippen LogP contribution in [0.4, 0.5) is 0 Å². The van der Waals surface area contributed by atoms with Crippen molar-refractivity contribution in [1.82, 2.24) is 19.5 Å². The largest absolute Gasteiger partial charge is 0.477 e. The number of carbonyl (C=O) groups excluding carboxylic acids is 2. The molecule has 1 amide bonds. The lowest BCUT2D eigenvalue weighted by atomic mass is 9.89. The van der Waals surface area contributed by atoms with Crippen molar-refractivity contribution in [2.24, 2.45) is 11.1 Å². The molecule has 210 valence electrons. The highest BCUT2D eigenvalue weighted by Gasteiger charge is 2.56. The second-order valence-electron chi connectivity index (χ2n) is 10.2. The minimum Gasteiger partial charge on any atom is -0.477 e. The van der Waals surface area contributed by atoms with Crippen LogP contribution in [0.3, 0.4) is 0 Å². The molecule has 2 saturated heterocycles. The molecular weight excluding hydrogens is 562 g/mol. The average Bonchev–Trinajstić information content (AvgIpc) is 3.43. The minimum atomic E-state index is -1.12. The number of aromatic nitrogens is 3. The molecule has 0 bridgehead atoms. The number of aryl methyl sites for hydroxylation is 1. The van der Waals surface area contributed by atoms with E-state index in [0.717, 1.165) is 11.1 Å². The van der Waals surface area contributed by atoms with Gasteiger partial charge in [0.1, 0.15) is 27.4 Å². The molecule has 2 aliphatic heterocycles. The molecule has 3 N–H and O–H groups in total. The van der Waals surface area contributed by atoms with E-state index in [2.05, 4.69) is 10.1 Å². The van der Waals surface area contributed by atoms with Crippen LogP contribution in [-0.2, 0) is 14.3 Å². The van der Waals surface area contributed by atoms with E-state index in [-0.39, 0.29) is 34.8 Å². The summed E-state index contributed by atoms with van der Waals surface area (Å²) in [6, 6.07) is 20.3. The number of ether oxygens (including phenoxy) is 1. The molecule has 2 fully saturated rings. The fourth-order valence-electron chi connectivity index (χ4n) is 5.13. The molecule has 0 spiro atoms. The Kier molecular flexibility index (Phi) is 7.22. The molecule has 4 heterocycles. The van der Waals surface area contributed by atoms with Gasteiger partial charge in [-0.05, 0) is 24.1 Å². The monoisotopic (exact) mass is 589 g/mol. The van der Waals surface area contributed by atoms with Gasteiger partial charge in [-0.25, -0.2) is 14.3 Å². The zero-order chi connectivity index (χ0) is 28.7. The van der Waals surface area contributed by atoms with Gasteiger partial charge in [0.05, 0.1) is 6.20 Å². The molecule has 4 aromatic rings. The lowest BCUT2D eigenvalue weighted by molar-refractivity contribution is -0.163. The van der Waals surface area contributed by atoms with Crippen LogP contribution < -0.4 is 5.73 Å². The minimum absolute atomic E-state index is 0.00513. The first-order valence-corrected chi connectivity index (χ1v) is 15.0. The summed E-state index contributed by atoms with van der Waals surface area (Å²) in [5.41, 5.74) is 7.50. The summed E-state index contributed by atoms with van der Waals surface area (Å²) in [5.74, 6) is -1.06. The number of nitrogens with zero attached hydrogens (tertiary/aromatic N) is 4. The number of esters is 1. The first-order chi connectivity index (χ1) is 19.8. The zero-order valence-corrected chi connectivity index (χ0v) is 23.7. The summed E-state index contributed by atoms with van der Waals surface area (Å²) in [4.78, 5) is 44.7. The Morgan fingerprint density at radius 3 is 2.46 bits per heavy atom. The molecule has 0 radical (unpaired) electrons. The number of β-lactam (4-membered cyclic amide) rings is 1. The summed E-state index contributed by atoms with van der Waals surface area (Å²) >= 11 is 2.84. The molecule has 2 unspecified atom stereocenters. The highest BCUT2D eigenvalue weighted by molar-refractivity contribution is 8.00. The van der Waals surface area contributed by atoms with Gasteiger partial charge in [-0.2, -0.15) is 5.10 Å². The van der Waals surface area contributed by atoms with Crippen molar-refractivity contribution >= 4 is 47.0 Å². The Hall–Kier alpha value is -3.87. The smallest absolute Gasteiger partial charge is 0.341 e. The molecule has 10 nitrogen and oxygen atoms in total. The molecule has 6 rings (SSSR count). The van der Waals surface area contributed by atoms with Crippen molar-refractivity contribution in [3.63, 3.8) is 0 Å². The summed E-state index contributed by atoms with van der Waals surface area (Å²) < 4.78 is 7.80. The lowest BCUT2D eigenvalue weighted by Gasteiger charge is -2.53. The van der Waals surface area contributed by atoms with Gasteiger partial charge >= 0.3 is 11.9 Å². The van der Waals surface area contributed by atoms with E-state index in [0.29, 0.717) is 16.5 Å². The van der Waals surface area contributed by atoms with Crippen molar-refractivity contribution in [3.8, 4) is 0 Å². The topological polar surface area (TPSA) is 140 Å². The lowest BCUT2D eigenvalue weighted by Crippen LogP contribution is -2.72. The van der Waals surface area contributed by atoms with E-state index in [9.17, 15) is 19.5 Å². The Morgan fingerprint density at radius 1 is 1.17 bits per heavy atom. The third-order valence-electron chi connectivity index (χ3n) is 7.34. The molecule has 0 aliphatic carbocycles. The molecule has 0 saturated carbocycles. The number of carboxylic acids is 1. The van der Waals surface area contributed by atoms with E-state index >= 15 is 0 Å². The molecule has 2 aromatic heterocycles. The predicted molar refractivity (Wildman–Crippen MR) is 155 cm³/mol. The second-order valence-corrected chi connectivity index (χ2v) is 12.3. The number of thioether (sulfide) groups is 2. The summed E-state index contributed by atoms with van der Waals surface area (Å²) in [6.45, 7) is 1.95. The van der Waals surface area contributed by atoms with E-state index in [4.69, 9.17) is 10.5 Å². The van der Waals surface area contributed by atoms with Crippen molar-refractivity contribution in [2.45, 2.75) is 29.5 Å². The zero-order valence-electron chi connectivity index (χ0n) is 22.0. The number of aromatic carboxylic acids is 1. The van der Waals surface area contributed by atoms with Gasteiger partial charge in [-0.1, -0.05) is 60.7 Å². The number of benzene rings is 2. The predicted octanol–water partition coefficient (Wildman–Crippen LogP) is 3.39. The highest BCUT2D eigenvalue weighted by atomic mass is 32.2. The van der Waals surface area contributed by atoms with Crippen LogP contribution in [0.1, 0.15) is 33.3 Å². The van der Waals surface area contributed by atoms with Gasteiger partial charge in [0, 0.05) is 23.7 Å². The van der Waals surface area contributed by atoms with Gasteiger partial charge < -0.3 is 20.5 Å². The molecule has 3 atom stereocenters. The number of rotatable bonds is 8. The van der Waals surface area contributed by atoms with Gasteiger partial charge in [0.25, 0.3) is 0 Å². The first-order valence-electron chi connectivity index (χ1n) is 13.0. The van der Waals surface area contributed by atoms with E-state index in [1.807, 2.05) is 60.7 Å². The number of hydrogen-bond donors (Lipinski definition) is 2. The van der Waals surface area contributed by atoms with Gasteiger partial charge in [-0.3, -0.25) is 9.59 Å². The Balaban J connectivity index is 1.34. The van der Waals surface area contributed by atoms with Crippen LogP contribution in [0, 0.1) is 12.3 Å². The Labute approximate surface area is 244 Å². The number of fused-ring (bicyclic) bond motifs is 2. The Morgan fingerprint density at radius 2 is 1.83 bits per heavy atom. The standard InChI is InChI=1S/C29H27N5O5S2/c1-17-12-21(34-24(32-17)20(13-31-34)27(36)37)40-15-29(14-33-25(35)22(30)26(33)41-16-29)28(38)39-23(18-8-4-2-5-9-18)19-10-6-3-7-11-19/h2-13,22-23,26H,14-16,30H2,1H3,(H,36,37)/t22?,26-,29?/m1/s1. The van der Waals surface area contributed by atoms with Crippen LogP contribution in [0.5, 0.6) is 0 Å². The van der Waals surface area contributed by atoms with Crippen molar-refractivity contribution in [2.75, 3.05) is 18.1 Å². The number of hydrogen-bond acceptors (Lipinski definition) is 9. The summed E-state index contributed by atoms with van der Waals surface area (Å²) in [7, 11) is 0. The molecule has 41 heavy (non-hydrogen) atoms. The average molecular weight is 590 g/mol. The SMILES string of the molecule is Cc1cc(SCC2(C(=O)OC(c3ccccc3)c3ccccc3)CS[C@@H]3C(N)C(=O)N3C2)n2ncc(C(=O)O)c2n1. The third-order valence-corrected chi connectivity index (χ3v) is 10.2. The normalized spacial score (nSPS) is 21.9. The van der Waals surface area contributed by atoms with Crippen molar-refractivity contribution in [3.05, 3.63) is 95.3 Å². The quantitative estimate of drug-likeness (QED) is 0.136. The fraction of sp³-hybridized carbons (Fsp3) is 0.276.